The molecule has 0 spiro atoms. The van der Waals surface area contributed by atoms with Crippen LogP contribution in [0, 0.1) is 0 Å². The zero-order valence-electron chi connectivity index (χ0n) is 10.9. The Balaban J connectivity index is 2.65. The van der Waals surface area contributed by atoms with E-state index in [0.29, 0.717) is 5.92 Å². The number of rotatable bonds is 6. The van der Waals surface area contributed by atoms with Crippen LogP contribution in [-0.4, -0.2) is 4.98 Å². The van der Waals surface area contributed by atoms with E-state index in [2.05, 4.69) is 38.1 Å². The van der Waals surface area contributed by atoms with Crippen LogP contribution in [0.2, 0.25) is 0 Å². The second kappa shape index (κ2) is 5.78. The number of nitrogens with two attached hydrogens (primary N) is 1. The van der Waals surface area contributed by atoms with Gasteiger partial charge >= 0.3 is 0 Å². The first-order valence-electron chi connectivity index (χ1n) is 6.22. The van der Waals surface area contributed by atoms with Gasteiger partial charge in [0.25, 0.3) is 0 Å². The van der Waals surface area contributed by atoms with E-state index >= 15 is 0 Å². The molecule has 0 aliphatic rings. The van der Waals surface area contributed by atoms with Crippen LogP contribution in [-0.2, 0) is 5.54 Å². The highest BCUT2D eigenvalue weighted by atomic mass is 32.1. The molecule has 92 valence electrons. The normalized spacial score (nSPS) is 15.4. The van der Waals surface area contributed by atoms with Crippen LogP contribution >= 0.6 is 11.3 Å². The van der Waals surface area contributed by atoms with Crippen molar-refractivity contribution < 1.29 is 0 Å². The lowest BCUT2D eigenvalue weighted by molar-refractivity contribution is 0.424. The van der Waals surface area contributed by atoms with E-state index in [-0.39, 0.29) is 5.54 Å². The van der Waals surface area contributed by atoms with E-state index in [1.807, 2.05) is 0 Å². The molecule has 16 heavy (non-hydrogen) atoms. The minimum atomic E-state index is -0.243. The molecular weight excluding hydrogens is 216 g/mol. The summed E-state index contributed by atoms with van der Waals surface area (Å²) in [6.45, 7) is 8.66. The smallest absolute Gasteiger partial charge is 0.112 e. The maximum atomic E-state index is 6.34. The van der Waals surface area contributed by atoms with Crippen molar-refractivity contribution >= 4 is 11.3 Å². The Morgan fingerprint density at radius 1 is 1.44 bits per heavy atom. The fourth-order valence-corrected chi connectivity index (χ4v) is 2.75. The molecule has 0 aliphatic heterocycles. The first-order valence-corrected chi connectivity index (χ1v) is 7.10. The molecule has 0 saturated heterocycles. The van der Waals surface area contributed by atoms with Gasteiger partial charge in [-0.2, -0.15) is 0 Å². The Labute approximate surface area is 103 Å². The molecule has 1 unspecified atom stereocenters. The number of hydrogen-bond donors (Lipinski definition) is 1. The van der Waals surface area contributed by atoms with Crippen LogP contribution in [0.5, 0.6) is 0 Å². The molecule has 1 rings (SSSR count). The Hall–Kier alpha value is -0.410. The SMILES string of the molecule is CCCCCC(C)(N)c1nc(C(C)C)cs1. The topological polar surface area (TPSA) is 38.9 Å². The van der Waals surface area contributed by atoms with Crippen LogP contribution in [0.25, 0.3) is 0 Å². The van der Waals surface area contributed by atoms with Crippen LogP contribution in [0.3, 0.4) is 0 Å². The minimum Gasteiger partial charge on any atom is -0.320 e. The van der Waals surface area contributed by atoms with Crippen molar-refractivity contribution in [3.8, 4) is 0 Å². The summed E-state index contributed by atoms with van der Waals surface area (Å²) in [4.78, 5) is 4.65. The van der Waals surface area contributed by atoms with Gasteiger partial charge in [0.2, 0.25) is 0 Å². The molecule has 0 radical (unpaired) electrons. The van der Waals surface area contributed by atoms with Gasteiger partial charge in [0.05, 0.1) is 11.2 Å². The van der Waals surface area contributed by atoms with Crippen LogP contribution in [0.15, 0.2) is 5.38 Å². The summed E-state index contributed by atoms with van der Waals surface area (Å²) < 4.78 is 0. The van der Waals surface area contributed by atoms with Gasteiger partial charge in [-0.25, -0.2) is 4.98 Å². The molecule has 2 nitrogen and oxygen atoms in total. The molecular formula is C13H24N2S. The molecule has 0 bridgehead atoms. The Morgan fingerprint density at radius 2 is 2.12 bits per heavy atom. The fraction of sp³-hybridized carbons (Fsp3) is 0.769. The molecule has 0 aromatic carbocycles. The summed E-state index contributed by atoms with van der Waals surface area (Å²) in [5, 5.41) is 3.23. The van der Waals surface area contributed by atoms with Gasteiger partial charge < -0.3 is 5.73 Å². The van der Waals surface area contributed by atoms with Gasteiger partial charge in [-0.1, -0.05) is 40.0 Å². The first kappa shape index (κ1) is 13.7. The molecule has 2 N–H and O–H groups in total. The number of aromatic nitrogens is 1. The number of unbranched alkanes of at least 4 members (excludes halogenated alkanes) is 2. The van der Waals surface area contributed by atoms with Gasteiger partial charge in [0.1, 0.15) is 5.01 Å². The van der Waals surface area contributed by atoms with E-state index in [0.717, 1.165) is 11.4 Å². The summed E-state index contributed by atoms with van der Waals surface area (Å²) in [5.41, 5.74) is 7.27. The van der Waals surface area contributed by atoms with E-state index in [4.69, 9.17) is 5.73 Å². The molecule has 0 fully saturated rings. The average molecular weight is 240 g/mol. The van der Waals surface area contributed by atoms with Crippen molar-refractivity contribution in [2.24, 2.45) is 5.73 Å². The minimum absolute atomic E-state index is 0.243. The lowest BCUT2D eigenvalue weighted by Crippen LogP contribution is -2.32. The van der Waals surface area contributed by atoms with Crippen molar-refractivity contribution in [1.29, 1.82) is 0 Å². The van der Waals surface area contributed by atoms with Crippen LogP contribution in [0.1, 0.15) is 70.0 Å². The predicted molar refractivity (Wildman–Crippen MR) is 71.9 cm³/mol. The number of thiazole rings is 1. The third-order valence-corrected chi connectivity index (χ3v) is 4.04. The fourth-order valence-electron chi connectivity index (χ4n) is 1.66. The molecule has 1 aromatic heterocycles. The summed E-state index contributed by atoms with van der Waals surface area (Å²) in [6.07, 6.45) is 4.73. The summed E-state index contributed by atoms with van der Waals surface area (Å²) >= 11 is 1.71. The summed E-state index contributed by atoms with van der Waals surface area (Å²) in [6, 6.07) is 0. The second-order valence-electron chi connectivity index (χ2n) is 5.11. The summed E-state index contributed by atoms with van der Waals surface area (Å²) in [5.74, 6) is 0.497. The Morgan fingerprint density at radius 3 is 2.62 bits per heavy atom. The molecule has 0 amide bonds. The van der Waals surface area contributed by atoms with Crippen LogP contribution in [0.4, 0.5) is 0 Å². The van der Waals surface area contributed by atoms with Gasteiger partial charge in [-0.15, -0.1) is 11.3 Å². The zero-order chi connectivity index (χ0) is 12.2. The lowest BCUT2D eigenvalue weighted by Gasteiger charge is -2.21. The van der Waals surface area contributed by atoms with E-state index in [1.165, 1.54) is 25.0 Å². The predicted octanol–water partition coefficient (Wildman–Crippen LogP) is 4.02. The molecule has 0 aliphatic carbocycles. The number of hydrogen-bond acceptors (Lipinski definition) is 3. The van der Waals surface area contributed by atoms with Gasteiger partial charge in [-0.05, 0) is 19.3 Å². The number of nitrogens with zero attached hydrogens (tertiary/aromatic N) is 1. The standard InChI is InChI=1S/C13H24N2S/c1-5-6-7-8-13(4,14)12-15-11(9-16-12)10(2)3/h9-10H,5-8,14H2,1-4H3. The van der Waals surface area contributed by atoms with Gasteiger partial charge in [0.15, 0.2) is 0 Å². The third kappa shape index (κ3) is 3.56. The quantitative estimate of drug-likeness (QED) is 0.763. The van der Waals surface area contributed by atoms with E-state index in [9.17, 15) is 0 Å². The molecule has 3 heteroatoms. The monoisotopic (exact) mass is 240 g/mol. The van der Waals surface area contributed by atoms with Crippen LogP contribution < -0.4 is 5.73 Å². The molecule has 1 aromatic rings. The molecule has 0 saturated carbocycles. The largest absolute Gasteiger partial charge is 0.320 e. The maximum Gasteiger partial charge on any atom is 0.112 e. The van der Waals surface area contributed by atoms with Crippen molar-refractivity contribution in [1.82, 2.24) is 4.98 Å². The highest BCUT2D eigenvalue weighted by Gasteiger charge is 2.24. The second-order valence-corrected chi connectivity index (χ2v) is 5.96. The van der Waals surface area contributed by atoms with E-state index in [1.54, 1.807) is 11.3 Å². The van der Waals surface area contributed by atoms with Crippen molar-refractivity contribution in [3.05, 3.63) is 16.1 Å². The van der Waals surface area contributed by atoms with Crippen molar-refractivity contribution in [2.45, 2.75) is 64.8 Å². The molecule has 1 heterocycles. The lowest BCUT2D eigenvalue weighted by atomic mass is 9.96. The Bertz CT molecular complexity index is 315. The zero-order valence-corrected chi connectivity index (χ0v) is 11.7. The van der Waals surface area contributed by atoms with Gasteiger partial charge in [-0.3, -0.25) is 0 Å². The summed E-state index contributed by atoms with van der Waals surface area (Å²) in [7, 11) is 0. The van der Waals surface area contributed by atoms with Crippen molar-refractivity contribution in [3.63, 3.8) is 0 Å². The average Bonchev–Trinajstić information content (AvgIpc) is 2.67. The van der Waals surface area contributed by atoms with Crippen molar-refractivity contribution in [2.75, 3.05) is 0 Å². The molecule has 1 atom stereocenters. The first-order chi connectivity index (χ1) is 7.47. The highest BCUT2D eigenvalue weighted by Crippen LogP contribution is 2.29. The highest BCUT2D eigenvalue weighted by molar-refractivity contribution is 7.09. The van der Waals surface area contributed by atoms with E-state index < -0.39 is 0 Å². The maximum absolute atomic E-state index is 6.34. The third-order valence-electron chi connectivity index (χ3n) is 2.90. The van der Waals surface area contributed by atoms with Gasteiger partial charge in [0, 0.05) is 5.38 Å². The Kier molecular flexibility index (Phi) is 4.93.